The van der Waals surface area contributed by atoms with Gasteiger partial charge in [0, 0.05) is 10.2 Å². The number of carbonyl (C=O) groups excluding carboxylic acids is 2. The topological polar surface area (TPSA) is 67.4 Å². The molecule has 2 N–H and O–H groups in total. The zero-order valence-corrected chi connectivity index (χ0v) is 13.5. The molecule has 0 atom stereocenters. The number of carbonyl (C=O) groups is 2. The molecule has 0 aromatic heterocycles. The van der Waals surface area contributed by atoms with Crippen molar-refractivity contribution in [3.05, 3.63) is 58.6 Å². The summed E-state index contributed by atoms with van der Waals surface area (Å²) in [5.41, 5.74) is 1.06. The van der Waals surface area contributed by atoms with E-state index in [0.29, 0.717) is 17.0 Å². The lowest BCUT2D eigenvalue weighted by Crippen LogP contribution is -2.33. The van der Waals surface area contributed by atoms with E-state index in [-0.39, 0.29) is 18.4 Å². The predicted molar refractivity (Wildman–Crippen MR) is 88.1 cm³/mol. The van der Waals surface area contributed by atoms with Crippen molar-refractivity contribution in [3.63, 3.8) is 0 Å². The summed E-state index contributed by atoms with van der Waals surface area (Å²) in [5.74, 6) is -0.192. The van der Waals surface area contributed by atoms with Crippen LogP contribution in [0.1, 0.15) is 10.4 Å². The first kappa shape index (κ1) is 16.0. The van der Waals surface area contributed by atoms with Crippen LogP contribution in [0.15, 0.2) is 53.0 Å². The van der Waals surface area contributed by atoms with Crippen LogP contribution in [0.25, 0.3) is 0 Å². The normalized spacial score (nSPS) is 9.91. The molecule has 0 fully saturated rings. The predicted octanol–water partition coefficient (Wildman–Crippen LogP) is 2.83. The van der Waals surface area contributed by atoms with Crippen molar-refractivity contribution in [2.45, 2.75) is 0 Å². The molecule has 0 aliphatic rings. The van der Waals surface area contributed by atoms with Crippen molar-refractivity contribution in [1.82, 2.24) is 5.32 Å². The van der Waals surface area contributed by atoms with Crippen molar-refractivity contribution < 1.29 is 14.3 Å². The number of amides is 2. The molecule has 0 bridgehead atoms. The molecule has 22 heavy (non-hydrogen) atoms. The molecule has 114 valence electrons. The summed E-state index contributed by atoms with van der Waals surface area (Å²) in [6, 6.07) is 14.0. The highest BCUT2D eigenvalue weighted by atomic mass is 79.9. The van der Waals surface area contributed by atoms with Crippen molar-refractivity contribution in [2.24, 2.45) is 0 Å². The zero-order valence-electron chi connectivity index (χ0n) is 11.9. The lowest BCUT2D eigenvalue weighted by atomic mass is 10.2. The fourth-order valence-electron chi connectivity index (χ4n) is 1.83. The number of hydrogen-bond donors (Lipinski definition) is 2. The Morgan fingerprint density at radius 1 is 1.09 bits per heavy atom. The van der Waals surface area contributed by atoms with E-state index in [0.717, 1.165) is 4.47 Å². The molecule has 0 saturated carbocycles. The smallest absolute Gasteiger partial charge is 0.255 e. The highest BCUT2D eigenvalue weighted by Gasteiger charge is 2.12. The van der Waals surface area contributed by atoms with Crippen LogP contribution in [0.4, 0.5) is 5.69 Å². The average Bonchev–Trinajstić information content (AvgIpc) is 2.54. The van der Waals surface area contributed by atoms with E-state index in [1.54, 1.807) is 36.4 Å². The third-order valence-electron chi connectivity index (χ3n) is 2.89. The lowest BCUT2D eigenvalue weighted by molar-refractivity contribution is -0.115. The van der Waals surface area contributed by atoms with Gasteiger partial charge in [0.1, 0.15) is 5.75 Å². The number of rotatable bonds is 5. The third kappa shape index (κ3) is 4.33. The summed E-state index contributed by atoms with van der Waals surface area (Å²) in [6.45, 7) is -0.118. The maximum atomic E-state index is 12.0. The summed E-state index contributed by atoms with van der Waals surface area (Å²) < 4.78 is 6.04. The Morgan fingerprint density at radius 3 is 2.45 bits per heavy atom. The Hall–Kier alpha value is -2.34. The summed E-state index contributed by atoms with van der Waals surface area (Å²) >= 11 is 3.32. The van der Waals surface area contributed by atoms with E-state index in [1.165, 1.54) is 7.11 Å². The first-order valence-corrected chi connectivity index (χ1v) is 7.36. The summed E-state index contributed by atoms with van der Waals surface area (Å²) in [7, 11) is 1.49. The zero-order chi connectivity index (χ0) is 15.9. The molecule has 0 unspecified atom stereocenters. The van der Waals surface area contributed by atoms with Gasteiger partial charge in [-0.25, -0.2) is 0 Å². The number of nitrogens with one attached hydrogen (secondary N) is 2. The van der Waals surface area contributed by atoms with Gasteiger partial charge in [0.05, 0.1) is 19.2 Å². The standard InChI is InChI=1S/C16H15BrN2O3/c1-22-14-5-3-2-4-13(14)16(21)18-10-15(20)19-12-8-6-11(17)7-9-12/h2-9H,10H2,1H3,(H,18,21)(H,19,20). The first-order valence-electron chi connectivity index (χ1n) is 6.57. The number of halogens is 1. The van der Waals surface area contributed by atoms with Gasteiger partial charge in [-0.05, 0) is 36.4 Å². The van der Waals surface area contributed by atoms with Crippen LogP contribution in [0.3, 0.4) is 0 Å². The van der Waals surface area contributed by atoms with Crippen molar-refractivity contribution in [3.8, 4) is 5.75 Å². The van der Waals surface area contributed by atoms with Crippen LogP contribution in [-0.4, -0.2) is 25.5 Å². The fraction of sp³-hybridized carbons (Fsp3) is 0.125. The van der Waals surface area contributed by atoms with Gasteiger partial charge in [0.2, 0.25) is 5.91 Å². The number of benzene rings is 2. The van der Waals surface area contributed by atoms with Gasteiger partial charge in [0.25, 0.3) is 5.91 Å². The van der Waals surface area contributed by atoms with Gasteiger partial charge in [-0.15, -0.1) is 0 Å². The molecule has 0 radical (unpaired) electrons. The van der Waals surface area contributed by atoms with E-state index < -0.39 is 0 Å². The first-order chi connectivity index (χ1) is 10.6. The molecule has 2 rings (SSSR count). The van der Waals surface area contributed by atoms with E-state index in [1.807, 2.05) is 12.1 Å². The Balaban J connectivity index is 1.90. The highest BCUT2D eigenvalue weighted by Crippen LogP contribution is 2.17. The molecular weight excluding hydrogens is 348 g/mol. The van der Waals surface area contributed by atoms with Gasteiger partial charge in [-0.2, -0.15) is 0 Å². The molecule has 6 heteroatoms. The van der Waals surface area contributed by atoms with Crippen molar-refractivity contribution in [1.29, 1.82) is 0 Å². The minimum Gasteiger partial charge on any atom is -0.496 e. The Bertz CT molecular complexity index is 671. The molecule has 2 amide bonds. The van der Waals surface area contributed by atoms with Gasteiger partial charge < -0.3 is 15.4 Å². The van der Waals surface area contributed by atoms with Gasteiger partial charge in [0.15, 0.2) is 0 Å². The number of para-hydroxylation sites is 1. The maximum absolute atomic E-state index is 12.0. The number of anilines is 1. The molecule has 0 heterocycles. The number of ether oxygens (including phenoxy) is 1. The van der Waals surface area contributed by atoms with E-state index in [2.05, 4.69) is 26.6 Å². The Labute approximate surface area is 136 Å². The summed E-state index contributed by atoms with van der Waals surface area (Å²) in [6.07, 6.45) is 0. The highest BCUT2D eigenvalue weighted by molar-refractivity contribution is 9.10. The summed E-state index contributed by atoms with van der Waals surface area (Å²) in [4.78, 5) is 23.9. The number of hydrogen-bond acceptors (Lipinski definition) is 3. The largest absolute Gasteiger partial charge is 0.496 e. The molecule has 0 spiro atoms. The minimum atomic E-state index is -0.358. The molecule has 2 aromatic rings. The van der Waals surface area contributed by atoms with Gasteiger partial charge >= 0.3 is 0 Å². The Kier molecular flexibility index (Phi) is 5.55. The fourth-order valence-corrected chi connectivity index (χ4v) is 2.09. The molecule has 0 saturated heterocycles. The maximum Gasteiger partial charge on any atom is 0.255 e. The van der Waals surface area contributed by atoms with E-state index in [4.69, 9.17) is 4.74 Å². The molecular formula is C16H15BrN2O3. The van der Waals surface area contributed by atoms with Crippen molar-refractivity contribution in [2.75, 3.05) is 19.0 Å². The Morgan fingerprint density at radius 2 is 1.77 bits per heavy atom. The number of methoxy groups -OCH3 is 1. The third-order valence-corrected chi connectivity index (χ3v) is 3.42. The van der Waals surface area contributed by atoms with Crippen LogP contribution in [0.2, 0.25) is 0 Å². The van der Waals surface area contributed by atoms with Crippen LogP contribution in [-0.2, 0) is 4.79 Å². The summed E-state index contributed by atoms with van der Waals surface area (Å²) in [5, 5.41) is 5.26. The lowest BCUT2D eigenvalue weighted by Gasteiger charge is -2.09. The van der Waals surface area contributed by atoms with Crippen molar-refractivity contribution >= 4 is 33.4 Å². The van der Waals surface area contributed by atoms with Crippen LogP contribution in [0.5, 0.6) is 5.75 Å². The van der Waals surface area contributed by atoms with Gasteiger partial charge in [-0.1, -0.05) is 28.1 Å². The molecule has 2 aromatic carbocycles. The molecule has 0 aliphatic carbocycles. The second-order valence-corrected chi connectivity index (χ2v) is 5.35. The SMILES string of the molecule is COc1ccccc1C(=O)NCC(=O)Nc1ccc(Br)cc1. The van der Waals surface area contributed by atoms with Crippen LogP contribution < -0.4 is 15.4 Å². The minimum absolute atomic E-state index is 0.118. The second-order valence-electron chi connectivity index (χ2n) is 4.44. The average molecular weight is 363 g/mol. The molecule has 0 aliphatic heterocycles. The van der Waals surface area contributed by atoms with Gasteiger partial charge in [-0.3, -0.25) is 9.59 Å². The quantitative estimate of drug-likeness (QED) is 0.859. The monoisotopic (exact) mass is 362 g/mol. The van der Waals surface area contributed by atoms with Crippen LogP contribution >= 0.6 is 15.9 Å². The van der Waals surface area contributed by atoms with E-state index >= 15 is 0 Å². The second kappa shape index (κ2) is 7.61. The van der Waals surface area contributed by atoms with E-state index in [9.17, 15) is 9.59 Å². The molecule has 5 nitrogen and oxygen atoms in total. The van der Waals surface area contributed by atoms with Crippen LogP contribution in [0, 0.1) is 0 Å².